The predicted molar refractivity (Wildman–Crippen MR) is 75.6 cm³/mol. The summed E-state index contributed by atoms with van der Waals surface area (Å²) in [6.07, 6.45) is 3.49. The molecule has 106 valence electrons. The highest BCUT2D eigenvalue weighted by Crippen LogP contribution is 2.15. The number of hydrogen-bond donors (Lipinski definition) is 2. The van der Waals surface area contributed by atoms with Gasteiger partial charge in [-0.15, -0.1) is 0 Å². The monoisotopic (exact) mass is 255 g/mol. The van der Waals surface area contributed by atoms with Crippen LogP contribution in [0.4, 0.5) is 0 Å². The Hall–Kier alpha value is -0.610. The molecule has 1 fully saturated rings. The van der Waals surface area contributed by atoms with Crippen LogP contribution in [0.15, 0.2) is 0 Å². The minimum absolute atomic E-state index is 0.133. The zero-order valence-corrected chi connectivity index (χ0v) is 12.2. The van der Waals surface area contributed by atoms with Crippen LogP contribution in [0.1, 0.15) is 40.0 Å². The van der Waals surface area contributed by atoms with Crippen molar-refractivity contribution in [1.82, 2.24) is 15.5 Å². The number of carbonyl (C=O) groups is 1. The van der Waals surface area contributed by atoms with Crippen LogP contribution in [-0.2, 0) is 4.79 Å². The molecule has 0 aromatic rings. The van der Waals surface area contributed by atoms with E-state index < -0.39 is 0 Å². The van der Waals surface area contributed by atoms with E-state index in [1.807, 2.05) is 0 Å². The van der Waals surface area contributed by atoms with Gasteiger partial charge in [-0.1, -0.05) is 13.8 Å². The zero-order valence-electron chi connectivity index (χ0n) is 12.2. The minimum Gasteiger partial charge on any atom is -0.355 e. The lowest BCUT2D eigenvalue weighted by molar-refractivity contribution is -0.120. The summed E-state index contributed by atoms with van der Waals surface area (Å²) >= 11 is 0. The molecule has 0 aromatic carbocycles. The molecule has 0 saturated carbocycles. The van der Waals surface area contributed by atoms with E-state index in [-0.39, 0.29) is 5.91 Å². The Morgan fingerprint density at radius 1 is 1.33 bits per heavy atom. The summed E-state index contributed by atoms with van der Waals surface area (Å²) < 4.78 is 0. The summed E-state index contributed by atoms with van der Waals surface area (Å²) in [5, 5.41) is 6.26. The highest BCUT2D eigenvalue weighted by molar-refractivity contribution is 5.77. The molecule has 1 unspecified atom stereocenters. The first-order valence-electron chi connectivity index (χ1n) is 7.38. The molecule has 0 radical (unpaired) electrons. The van der Waals surface area contributed by atoms with Crippen LogP contribution >= 0.6 is 0 Å². The number of rotatable bonds is 7. The van der Waals surface area contributed by atoms with Crippen LogP contribution in [-0.4, -0.2) is 49.6 Å². The predicted octanol–water partition coefficient (Wildman–Crippen LogP) is 1.22. The lowest BCUT2D eigenvalue weighted by Gasteiger charge is -2.31. The third-order valence-corrected chi connectivity index (χ3v) is 3.97. The minimum atomic E-state index is 0.133. The van der Waals surface area contributed by atoms with Gasteiger partial charge in [0, 0.05) is 12.6 Å². The smallest absolute Gasteiger partial charge is 0.233 e. The average Bonchev–Trinajstić information content (AvgIpc) is 2.42. The maximum atomic E-state index is 11.6. The second-order valence-corrected chi connectivity index (χ2v) is 5.37. The first-order chi connectivity index (χ1) is 8.65. The number of carbonyl (C=O) groups excluding carboxylic acids is 1. The van der Waals surface area contributed by atoms with Crippen LogP contribution in [0.3, 0.4) is 0 Å². The first-order valence-corrected chi connectivity index (χ1v) is 7.38. The van der Waals surface area contributed by atoms with Gasteiger partial charge in [-0.3, -0.25) is 4.79 Å². The Labute approximate surface area is 111 Å². The SMILES string of the molecule is CCC(C)NCC(=O)NCC1CCN(CC)CC1. The van der Waals surface area contributed by atoms with Gasteiger partial charge < -0.3 is 15.5 Å². The summed E-state index contributed by atoms with van der Waals surface area (Å²) in [7, 11) is 0. The number of piperidine rings is 1. The molecule has 0 aliphatic carbocycles. The standard InChI is InChI=1S/C14H29N3O/c1-4-12(3)15-11-14(18)16-10-13-6-8-17(5-2)9-7-13/h12-13,15H,4-11H2,1-3H3,(H,16,18). The number of hydrogen-bond acceptors (Lipinski definition) is 3. The largest absolute Gasteiger partial charge is 0.355 e. The molecule has 0 aromatic heterocycles. The molecule has 1 saturated heterocycles. The Morgan fingerprint density at radius 3 is 2.56 bits per heavy atom. The van der Waals surface area contributed by atoms with E-state index in [0.717, 1.165) is 19.5 Å². The molecule has 1 amide bonds. The van der Waals surface area contributed by atoms with E-state index in [0.29, 0.717) is 18.5 Å². The van der Waals surface area contributed by atoms with E-state index in [4.69, 9.17) is 0 Å². The van der Waals surface area contributed by atoms with E-state index >= 15 is 0 Å². The summed E-state index contributed by atoms with van der Waals surface area (Å²) in [6, 6.07) is 0.420. The summed E-state index contributed by atoms with van der Waals surface area (Å²) in [5.74, 6) is 0.800. The lowest BCUT2D eigenvalue weighted by atomic mass is 9.97. The van der Waals surface area contributed by atoms with E-state index in [9.17, 15) is 4.79 Å². The molecule has 1 rings (SSSR count). The molecular formula is C14H29N3O. The molecule has 1 atom stereocenters. The lowest BCUT2D eigenvalue weighted by Crippen LogP contribution is -2.42. The highest BCUT2D eigenvalue weighted by Gasteiger charge is 2.18. The molecule has 4 nitrogen and oxygen atoms in total. The van der Waals surface area contributed by atoms with Crippen molar-refractivity contribution >= 4 is 5.91 Å². The molecule has 1 aliphatic rings. The van der Waals surface area contributed by atoms with Gasteiger partial charge in [0.15, 0.2) is 0 Å². The second-order valence-electron chi connectivity index (χ2n) is 5.37. The summed E-state index contributed by atoms with van der Waals surface area (Å²) in [6.45, 7) is 11.2. The summed E-state index contributed by atoms with van der Waals surface area (Å²) in [5.41, 5.74) is 0. The van der Waals surface area contributed by atoms with Crippen molar-refractivity contribution in [3.8, 4) is 0 Å². The number of nitrogens with one attached hydrogen (secondary N) is 2. The molecule has 4 heteroatoms. The van der Waals surface area contributed by atoms with Gasteiger partial charge in [0.05, 0.1) is 6.54 Å². The van der Waals surface area contributed by atoms with Crippen LogP contribution in [0.2, 0.25) is 0 Å². The van der Waals surface area contributed by atoms with Crippen molar-refractivity contribution in [3.05, 3.63) is 0 Å². The third kappa shape index (κ3) is 5.83. The third-order valence-electron chi connectivity index (χ3n) is 3.97. The van der Waals surface area contributed by atoms with Crippen molar-refractivity contribution < 1.29 is 4.79 Å². The van der Waals surface area contributed by atoms with E-state index in [2.05, 4.69) is 36.3 Å². The quantitative estimate of drug-likeness (QED) is 0.719. The van der Waals surface area contributed by atoms with Crippen molar-refractivity contribution in [2.24, 2.45) is 5.92 Å². The van der Waals surface area contributed by atoms with Gasteiger partial charge in [0.1, 0.15) is 0 Å². The van der Waals surface area contributed by atoms with Crippen LogP contribution in [0.25, 0.3) is 0 Å². The van der Waals surface area contributed by atoms with Gasteiger partial charge in [-0.25, -0.2) is 0 Å². The van der Waals surface area contributed by atoms with Gasteiger partial charge in [-0.2, -0.15) is 0 Å². The maximum absolute atomic E-state index is 11.6. The molecule has 0 bridgehead atoms. The molecule has 1 heterocycles. The van der Waals surface area contributed by atoms with Crippen molar-refractivity contribution in [2.45, 2.75) is 46.1 Å². The van der Waals surface area contributed by atoms with Gasteiger partial charge in [0.25, 0.3) is 0 Å². The number of likely N-dealkylation sites (tertiary alicyclic amines) is 1. The van der Waals surface area contributed by atoms with Crippen LogP contribution in [0, 0.1) is 5.92 Å². The van der Waals surface area contributed by atoms with Gasteiger partial charge in [0.2, 0.25) is 5.91 Å². The van der Waals surface area contributed by atoms with Crippen LogP contribution in [0.5, 0.6) is 0 Å². The molecule has 18 heavy (non-hydrogen) atoms. The fraction of sp³-hybridized carbons (Fsp3) is 0.929. The topological polar surface area (TPSA) is 44.4 Å². The zero-order chi connectivity index (χ0) is 13.4. The Balaban J connectivity index is 2.08. The average molecular weight is 255 g/mol. The number of amides is 1. The van der Waals surface area contributed by atoms with Crippen molar-refractivity contribution in [3.63, 3.8) is 0 Å². The number of nitrogens with zero attached hydrogens (tertiary/aromatic N) is 1. The Kier molecular flexibility index (Phi) is 7.28. The second kappa shape index (κ2) is 8.48. The molecular weight excluding hydrogens is 226 g/mol. The van der Waals surface area contributed by atoms with Gasteiger partial charge >= 0.3 is 0 Å². The Morgan fingerprint density at radius 2 is 2.00 bits per heavy atom. The highest BCUT2D eigenvalue weighted by atomic mass is 16.1. The first kappa shape index (κ1) is 15.4. The van der Waals surface area contributed by atoms with E-state index in [1.165, 1.54) is 25.9 Å². The van der Waals surface area contributed by atoms with E-state index in [1.54, 1.807) is 0 Å². The Bertz CT molecular complexity index is 237. The summed E-state index contributed by atoms with van der Waals surface area (Å²) in [4.78, 5) is 14.1. The van der Waals surface area contributed by atoms with Gasteiger partial charge in [-0.05, 0) is 51.7 Å². The molecule has 0 spiro atoms. The fourth-order valence-electron chi connectivity index (χ4n) is 2.24. The van der Waals surface area contributed by atoms with Crippen molar-refractivity contribution in [1.29, 1.82) is 0 Å². The molecule has 2 N–H and O–H groups in total. The normalized spacial score (nSPS) is 19.7. The maximum Gasteiger partial charge on any atom is 0.233 e. The fourth-order valence-corrected chi connectivity index (χ4v) is 2.24. The van der Waals surface area contributed by atoms with Crippen LogP contribution < -0.4 is 10.6 Å². The molecule has 1 aliphatic heterocycles. The van der Waals surface area contributed by atoms with Crippen molar-refractivity contribution in [2.75, 3.05) is 32.7 Å².